The van der Waals surface area contributed by atoms with E-state index >= 15 is 0 Å². The fraction of sp³-hybridized carbons (Fsp3) is 0.458. The molecule has 1 aliphatic rings. The van der Waals surface area contributed by atoms with Gasteiger partial charge in [0.15, 0.2) is 0 Å². The Morgan fingerprint density at radius 3 is 2.53 bits per heavy atom. The number of benzene rings is 1. The van der Waals surface area contributed by atoms with Crippen LogP contribution in [0.25, 0.3) is 0 Å². The lowest BCUT2D eigenvalue weighted by Crippen LogP contribution is -2.54. The first-order valence-electron chi connectivity index (χ1n) is 10.9. The highest BCUT2D eigenvalue weighted by atomic mass is 16.5. The second-order valence-electron chi connectivity index (χ2n) is 8.30. The van der Waals surface area contributed by atoms with Crippen LogP contribution < -0.4 is 15.4 Å². The number of furan rings is 1. The van der Waals surface area contributed by atoms with Gasteiger partial charge in [-0.05, 0) is 49.1 Å². The Morgan fingerprint density at radius 1 is 1.16 bits per heavy atom. The Hall–Kier alpha value is -3.29. The minimum Gasteiger partial charge on any atom is -0.497 e. The van der Waals surface area contributed by atoms with Gasteiger partial charge in [-0.1, -0.05) is 19.9 Å². The van der Waals surface area contributed by atoms with Crippen LogP contribution in [-0.2, 0) is 16.1 Å². The Bertz CT molecular complexity index is 917. The zero-order valence-electron chi connectivity index (χ0n) is 18.8. The molecule has 3 rings (SSSR count). The van der Waals surface area contributed by atoms with Gasteiger partial charge in [0.05, 0.1) is 19.9 Å². The molecule has 8 nitrogen and oxygen atoms in total. The summed E-state index contributed by atoms with van der Waals surface area (Å²) in [5.41, 5.74) is 0.417. The van der Waals surface area contributed by atoms with E-state index in [0.29, 0.717) is 43.0 Å². The van der Waals surface area contributed by atoms with E-state index < -0.39 is 6.04 Å². The molecule has 0 spiro atoms. The molecule has 1 aliphatic heterocycles. The minimum atomic E-state index is -0.722. The van der Waals surface area contributed by atoms with Gasteiger partial charge in [0.1, 0.15) is 17.6 Å². The van der Waals surface area contributed by atoms with Crippen LogP contribution in [0, 0.1) is 11.8 Å². The van der Waals surface area contributed by atoms with Crippen molar-refractivity contribution < 1.29 is 23.5 Å². The smallest absolute Gasteiger partial charge is 0.252 e. The van der Waals surface area contributed by atoms with Crippen LogP contribution in [0.2, 0.25) is 0 Å². The third-order valence-corrected chi connectivity index (χ3v) is 5.73. The number of rotatable bonds is 8. The van der Waals surface area contributed by atoms with Crippen molar-refractivity contribution in [3.8, 4) is 5.75 Å². The maximum Gasteiger partial charge on any atom is 0.252 e. The first-order valence-corrected chi connectivity index (χ1v) is 10.9. The summed E-state index contributed by atoms with van der Waals surface area (Å²) in [4.78, 5) is 40.2. The average Bonchev–Trinajstić information content (AvgIpc) is 3.34. The van der Waals surface area contributed by atoms with Gasteiger partial charge < -0.3 is 24.7 Å². The predicted octanol–water partition coefficient (Wildman–Crippen LogP) is 2.60. The van der Waals surface area contributed by atoms with Gasteiger partial charge in [0.25, 0.3) is 5.91 Å². The first kappa shape index (κ1) is 23.4. The molecule has 3 amide bonds. The number of hydrogen-bond donors (Lipinski definition) is 2. The van der Waals surface area contributed by atoms with Crippen LogP contribution in [0.3, 0.4) is 0 Å². The molecular formula is C24H31N3O5. The monoisotopic (exact) mass is 441 g/mol. The summed E-state index contributed by atoms with van der Waals surface area (Å²) >= 11 is 0. The van der Waals surface area contributed by atoms with E-state index in [0.717, 1.165) is 0 Å². The van der Waals surface area contributed by atoms with E-state index in [1.54, 1.807) is 42.7 Å². The lowest BCUT2D eigenvalue weighted by atomic mass is 9.88. The van der Waals surface area contributed by atoms with Crippen LogP contribution in [0.4, 0.5) is 0 Å². The van der Waals surface area contributed by atoms with Crippen molar-refractivity contribution in [2.45, 2.75) is 39.3 Å². The Kier molecular flexibility index (Phi) is 7.92. The summed E-state index contributed by atoms with van der Waals surface area (Å²) in [7, 11) is 1.54. The van der Waals surface area contributed by atoms with Crippen LogP contribution in [-0.4, -0.2) is 48.9 Å². The Balaban J connectivity index is 1.71. The topological polar surface area (TPSA) is 101 Å². The lowest BCUT2D eigenvalue weighted by Gasteiger charge is -2.36. The second kappa shape index (κ2) is 10.8. The van der Waals surface area contributed by atoms with Gasteiger partial charge in [0.2, 0.25) is 11.8 Å². The van der Waals surface area contributed by atoms with E-state index in [1.807, 2.05) is 18.7 Å². The largest absolute Gasteiger partial charge is 0.497 e. The number of likely N-dealkylation sites (tertiary alicyclic amines) is 1. The normalized spacial score (nSPS) is 15.3. The van der Waals surface area contributed by atoms with Crippen molar-refractivity contribution in [2.24, 2.45) is 11.8 Å². The van der Waals surface area contributed by atoms with Crippen molar-refractivity contribution in [1.29, 1.82) is 0 Å². The molecule has 2 aromatic rings. The molecule has 32 heavy (non-hydrogen) atoms. The van der Waals surface area contributed by atoms with Crippen LogP contribution >= 0.6 is 0 Å². The van der Waals surface area contributed by atoms with E-state index in [-0.39, 0.29) is 36.1 Å². The SMILES string of the molecule is COc1cccc(C(=O)N[C@@H](C(=O)NCc2ccco2)C2CCN(C(=O)C(C)C)CC2)c1. The molecule has 1 aromatic carbocycles. The Morgan fingerprint density at radius 2 is 1.91 bits per heavy atom. The van der Waals surface area contributed by atoms with Crippen molar-refractivity contribution in [2.75, 3.05) is 20.2 Å². The summed E-state index contributed by atoms with van der Waals surface area (Å²) in [6.45, 7) is 5.14. The molecule has 0 aliphatic carbocycles. The highest BCUT2D eigenvalue weighted by Gasteiger charge is 2.34. The van der Waals surface area contributed by atoms with Crippen molar-refractivity contribution in [3.05, 3.63) is 54.0 Å². The molecule has 2 heterocycles. The zero-order chi connectivity index (χ0) is 23.1. The van der Waals surface area contributed by atoms with Gasteiger partial charge in [-0.15, -0.1) is 0 Å². The highest BCUT2D eigenvalue weighted by Crippen LogP contribution is 2.23. The van der Waals surface area contributed by atoms with Gasteiger partial charge in [-0.2, -0.15) is 0 Å². The van der Waals surface area contributed by atoms with Crippen LogP contribution in [0.15, 0.2) is 47.1 Å². The number of nitrogens with one attached hydrogen (secondary N) is 2. The molecule has 2 N–H and O–H groups in total. The minimum absolute atomic E-state index is 0.0632. The van der Waals surface area contributed by atoms with Gasteiger partial charge in [0, 0.05) is 24.6 Å². The lowest BCUT2D eigenvalue weighted by molar-refractivity contribution is -0.136. The van der Waals surface area contributed by atoms with Gasteiger partial charge in [-0.25, -0.2) is 0 Å². The third kappa shape index (κ3) is 5.90. The molecule has 0 radical (unpaired) electrons. The zero-order valence-corrected chi connectivity index (χ0v) is 18.8. The molecule has 1 fully saturated rings. The van der Waals surface area contributed by atoms with E-state index in [2.05, 4.69) is 10.6 Å². The van der Waals surface area contributed by atoms with E-state index in [4.69, 9.17) is 9.15 Å². The molecule has 172 valence electrons. The quantitative estimate of drug-likeness (QED) is 0.656. The number of carbonyl (C=O) groups is 3. The number of hydrogen-bond acceptors (Lipinski definition) is 5. The van der Waals surface area contributed by atoms with Gasteiger partial charge in [-0.3, -0.25) is 14.4 Å². The summed E-state index contributed by atoms with van der Waals surface area (Å²) < 4.78 is 10.5. The van der Waals surface area contributed by atoms with Crippen molar-refractivity contribution in [3.63, 3.8) is 0 Å². The standard InChI is InChI=1S/C24H31N3O5/c1-16(2)24(30)27-11-9-17(10-12-27)21(23(29)25-15-20-8-5-13-32-20)26-22(28)18-6-4-7-19(14-18)31-3/h4-8,13-14,16-17,21H,9-12,15H2,1-3H3,(H,25,29)(H,26,28)/t21-/m1/s1. The number of piperidine rings is 1. The molecule has 1 aromatic heterocycles. The molecule has 0 unspecified atom stereocenters. The van der Waals surface area contributed by atoms with E-state index in [1.165, 1.54) is 7.11 Å². The summed E-state index contributed by atoms with van der Waals surface area (Å²) in [6.07, 6.45) is 2.82. The Labute approximate surface area is 188 Å². The average molecular weight is 442 g/mol. The van der Waals surface area contributed by atoms with Crippen LogP contribution in [0.1, 0.15) is 42.8 Å². The van der Waals surface area contributed by atoms with Crippen molar-refractivity contribution >= 4 is 17.7 Å². The van der Waals surface area contributed by atoms with Gasteiger partial charge >= 0.3 is 0 Å². The molecule has 0 bridgehead atoms. The maximum absolute atomic E-state index is 13.1. The fourth-order valence-corrected chi connectivity index (χ4v) is 3.90. The van der Waals surface area contributed by atoms with E-state index in [9.17, 15) is 14.4 Å². The number of amides is 3. The van der Waals surface area contributed by atoms with Crippen LogP contribution in [0.5, 0.6) is 5.75 Å². The van der Waals surface area contributed by atoms with Crippen molar-refractivity contribution in [1.82, 2.24) is 15.5 Å². The number of carbonyl (C=O) groups excluding carboxylic acids is 3. The number of ether oxygens (including phenoxy) is 1. The number of nitrogens with zero attached hydrogens (tertiary/aromatic N) is 1. The second-order valence-corrected chi connectivity index (χ2v) is 8.30. The molecule has 0 saturated carbocycles. The summed E-state index contributed by atoms with van der Waals surface area (Å²) in [6, 6.07) is 9.61. The first-order chi connectivity index (χ1) is 15.4. The summed E-state index contributed by atoms with van der Waals surface area (Å²) in [5, 5.41) is 5.77. The maximum atomic E-state index is 13.1. The molecular weight excluding hydrogens is 410 g/mol. The summed E-state index contributed by atoms with van der Waals surface area (Å²) in [5.74, 6) is 0.548. The highest BCUT2D eigenvalue weighted by molar-refractivity contribution is 5.98. The number of methoxy groups -OCH3 is 1. The molecule has 1 saturated heterocycles. The fourth-order valence-electron chi connectivity index (χ4n) is 3.90. The third-order valence-electron chi connectivity index (χ3n) is 5.73. The molecule has 1 atom stereocenters. The molecule has 8 heteroatoms. The predicted molar refractivity (Wildman–Crippen MR) is 119 cm³/mol.